The average molecular weight is 269 g/mol. The van der Waals surface area contributed by atoms with Gasteiger partial charge in [0.05, 0.1) is 20.1 Å². The third kappa shape index (κ3) is 4.57. The summed E-state index contributed by atoms with van der Waals surface area (Å²) in [5, 5.41) is 2.51. The summed E-state index contributed by atoms with van der Waals surface area (Å²) >= 11 is 0. The normalized spacial score (nSPS) is 9.84. The Hall–Kier alpha value is -2.11. The monoisotopic (exact) mass is 269 g/mol. The highest BCUT2D eigenvalue weighted by Gasteiger charge is 2.10. The van der Waals surface area contributed by atoms with Gasteiger partial charge in [0.2, 0.25) is 0 Å². The van der Waals surface area contributed by atoms with Crippen LogP contribution in [-0.2, 0) is 9.53 Å². The van der Waals surface area contributed by atoms with Gasteiger partial charge in [-0.3, -0.25) is 9.59 Å². The molecule has 1 N–H and O–H groups in total. The number of benzene rings is 1. The molecule has 1 amide bonds. The summed E-state index contributed by atoms with van der Waals surface area (Å²) in [5.41, 5.74) is 0.169. The molecular weight excluding hydrogens is 253 g/mol. The van der Waals surface area contributed by atoms with Gasteiger partial charge in [-0.05, 0) is 25.1 Å². The van der Waals surface area contributed by atoms with E-state index in [1.165, 1.54) is 19.2 Å². The minimum atomic E-state index is -0.611. The van der Waals surface area contributed by atoms with Crippen LogP contribution in [0, 0.1) is 5.82 Å². The fraction of sp³-hybridized carbons (Fsp3) is 0.385. The molecule has 0 radical (unpaired) electrons. The second-order valence-electron chi connectivity index (χ2n) is 3.66. The summed E-state index contributed by atoms with van der Waals surface area (Å²) in [6, 6.07) is 3.90. The zero-order chi connectivity index (χ0) is 14.3. The standard InChI is InChI=1S/C13H16FNO4/c1-3-19-12(16)6-7-15-13(17)9-4-5-11(18-2)10(14)8-9/h4-5,8H,3,6-7H2,1-2H3,(H,15,17). The molecule has 0 aliphatic carbocycles. The number of esters is 1. The number of ether oxygens (including phenoxy) is 2. The number of hydrogen-bond donors (Lipinski definition) is 1. The van der Waals surface area contributed by atoms with E-state index in [1.807, 2.05) is 0 Å². The van der Waals surface area contributed by atoms with E-state index in [1.54, 1.807) is 6.92 Å². The maximum absolute atomic E-state index is 13.4. The van der Waals surface area contributed by atoms with Gasteiger partial charge >= 0.3 is 5.97 Å². The fourth-order valence-corrected chi connectivity index (χ4v) is 1.42. The quantitative estimate of drug-likeness (QED) is 0.795. The van der Waals surface area contributed by atoms with Crippen LogP contribution >= 0.6 is 0 Å². The molecule has 0 saturated carbocycles. The highest BCUT2D eigenvalue weighted by Crippen LogP contribution is 2.17. The number of halogens is 1. The first-order valence-electron chi connectivity index (χ1n) is 5.85. The summed E-state index contributed by atoms with van der Waals surface area (Å²) in [6.45, 7) is 2.15. The zero-order valence-electron chi connectivity index (χ0n) is 10.9. The van der Waals surface area contributed by atoms with Crippen molar-refractivity contribution in [2.24, 2.45) is 0 Å². The lowest BCUT2D eigenvalue weighted by molar-refractivity contribution is -0.142. The Bertz CT molecular complexity index is 462. The largest absolute Gasteiger partial charge is 0.494 e. The molecule has 6 heteroatoms. The molecule has 0 aliphatic rings. The third-order valence-electron chi connectivity index (χ3n) is 2.33. The maximum atomic E-state index is 13.4. The van der Waals surface area contributed by atoms with E-state index in [2.05, 4.69) is 5.32 Å². The van der Waals surface area contributed by atoms with Crippen molar-refractivity contribution < 1.29 is 23.5 Å². The minimum Gasteiger partial charge on any atom is -0.494 e. The molecule has 0 saturated heterocycles. The first-order valence-corrected chi connectivity index (χ1v) is 5.85. The van der Waals surface area contributed by atoms with E-state index >= 15 is 0 Å². The highest BCUT2D eigenvalue weighted by molar-refractivity contribution is 5.94. The first kappa shape index (κ1) is 14.9. The van der Waals surface area contributed by atoms with Crippen LogP contribution in [-0.4, -0.2) is 32.1 Å². The van der Waals surface area contributed by atoms with E-state index in [0.717, 1.165) is 6.07 Å². The Morgan fingerprint density at radius 1 is 1.37 bits per heavy atom. The summed E-state index contributed by atoms with van der Waals surface area (Å²) < 4.78 is 22.8. The minimum absolute atomic E-state index is 0.0723. The van der Waals surface area contributed by atoms with Crippen molar-refractivity contribution in [1.82, 2.24) is 5.32 Å². The summed E-state index contributed by atoms with van der Waals surface area (Å²) in [6.07, 6.45) is 0.0816. The maximum Gasteiger partial charge on any atom is 0.307 e. The van der Waals surface area contributed by atoms with Crippen molar-refractivity contribution in [3.05, 3.63) is 29.6 Å². The Balaban J connectivity index is 2.50. The molecule has 0 aromatic heterocycles. The van der Waals surface area contributed by atoms with Crippen molar-refractivity contribution in [3.63, 3.8) is 0 Å². The smallest absolute Gasteiger partial charge is 0.307 e. The van der Waals surface area contributed by atoms with Crippen molar-refractivity contribution in [2.75, 3.05) is 20.3 Å². The van der Waals surface area contributed by atoms with Gasteiger partial charge in [0.25, 0.3) is 5.91 Å². The molecule has 0 bridgehead atoms. The fourth-order valence-electron chi connectivity index (χ4n) is 1.42. The predicted molar refractivity (Wildman–Crippen MR) is 66.5 cm³/mol. The molecule has 1 aromatic rings. The molecule has 0 atom stereocenters. The van der Waals surface area contributed by atoms with Crippen LogP contribution in [0.15, 0.2) is 18.2 Å². The lowest BCUT2D eigenvalue weighted by Crippen LogP contribution is -2.26. The second-order valence-corrected chi connectivity index (χ2v) is 3.66. The summed E-state index contributed by atoms with van der Waals surface area (Å²) in [5.74, 6) is -1.38. The van der Waals surface area contributed by atoms with Gasteiger partial charge in [0.15, 0.2) is 11.6 Å². The second kappa shape index (κ2) is 7.35. The van der Waals surface area contributed by atoms with E-state index in [9.17, 15) is 14.0 Å². The van der Waals surface area contributed by atoms with Crippen LogP contribution in [0.1, 0.15) is 23.7 Å². The van der Waals surface area contributed by atoms with E-state index in [-0.39, 0.29) is 30.2 Å². The molecule has 0 aliphatic heterocycles. The number of hydrogen-bond acceptors (Lipinski definition) is 4. The molecule has 0 unspecified atom stereocenters. The first-order chi connectivity index (χ1) is 9.08. The van der Waals surface area contributed by atoms with Crippen molar-refractivity contribution in [3.8, 4) is 5.75 Å². The lowest BCUT2D eigenvalue weighted by Gasteiger charge is -2.07. The molecular formula is C13H16FNO4. The van der Waals surface area contributed by atoms with E-state index in [4.69, 9.17) is 9.47 Å². The van der Waals surface area contributed by atoms with Crippen LogP contribution in [0.4, 0.5) is 4.39 Å². The number of carbonyl (C=O) groups excluding carboxylic acids is 2. The van der Waals surface area contributed by atoms with Gasteiger partial charge in [-0.25, -0.2) is 4.39 Å². The number of rotatable bonds is 6. The number of amides is 1. The highest BCUT2D eigenvalue weighted by atomic mass is 19.1. The molecule has 19 heavy (non-hydrogen) atoms. The van der Waals surface area contributed by atoms with E-state index < -0.39 is 11.7 Å². The zero-order valence-corrected chi connectivity index (χ0v) is 10.9. The van der Waals surface area contributed by atoms with Gasteiger partial charge in [-0.1, -0.05) is 0 Å². The average Bonchev–Trinajstić information content (AvgIpc) is 2.38. The van der Waals surface area contributed by atoms with Crippen LogP contribution in [0.25, 0.3) is 0 Å². The van der Waals surface area contributed by atoms with Gasteiger partial charge in [0.1, 0.15) is 0 Å². The Kier molecular flexibility index (Phi) is 5.78. The van der Waals surface area contributed by atoms with Crippen molar-refractivity contribution in [1.29, 1.82) is 0 Å². The topological polar surface area (TPSA) is 64.6 Å². The molecule has 0 fully saturated rings. The number of methoxy groups -OCH3 is 1. The van der Waals surface area contributed by atoms with Crippen LogP contribution in [0.3, 0.4) is 0 Å². The third-order valence-corrected chi connectivity index (χ3v) is 2.33. The molecule has 1 aromatic carbocycles. The Morgan fingerprint density at radius 3 is 2.68 bits per heavy atom. The number of nitrogens with one attached hydrogen (secondary N) is 1. The molecule has 1 rings (SSSR count). The Labute approximate surface area is 110 Å². The van der Waals surface area contributed by atoms with Gasteiger partial charge in [-0.2, -0.15) is 0 Å². The van der Waals surface area contributed by atoms with Gasteiger partial charge in [0, 0.05) is 12.1 Å². The van der Waals surface area contributed by atoms with Gasteiger partial charge < -0.3 is 14.8 Å². The van der Waals surface area contributed by atoms with Crippen LogP contribution < -0.4 is 10.1 Å². The number of carbonyl (C=O) groups is 2. The van der Waals surface area contributed by atoms with Crippen molar-refractivity contribution in [2.45, 2.75) is 13.3 Å². The lowest BCUT2D eigenvalue weighted by atomic mass is 10.2. The van der Waals surface area contributed by atoms with E-state index in [0.29, 0.717) is 6.61 Å². The Morgan fingerprint density at radius 2 is 2.11 bits per heavy atom. The van der Waals surface area contributed by atoms with Crippen LogP contribution in [0.2, 0.25) is 0 Å². The SMILES string of the molecule is CCOC(=O)CCNC(=O)c1ccc(OC)c(F)c1. The molecule has 104 valence electrons. The summed E-state index contributed by atoms with van der Waals surface area (Å²) in [4.78, 5) is 22.7. The summed E-state index contributed by atoms with van der Waals surface area (Å²) in [7, 11) is 1.34. The van der Waals surface area contributed by atoms with Gasteiger partial charge in [-0.15, -0.1) is 0 Å². The molecule has 5 nitrogen and oxygen atoms in total. The molecule has 0 spiro atoms. The van der Waals surface area contributed by atoms with Crippen LogP contribution in [0.5, 0.6) is 5.75 Å². The molecule has 0 heterocycles. The predicted octanol–water partition coefficient (Wildman–Crippen LogP) is 1.52. The van der Waals surface area contributed by atoms with Crippen molar-refractivity contribution >= 4 is 11.9 Å².